The molecule has 0 aliphatic carbocycles. The van der Waals surface area contributed by atoms with Crippen LogP contribution in [0.5, 0.6) is 11.5 Å². The molecule has 4 rings (SSSR count). The number of rotatable bonds is 9. The van der Waals surface area contributed by atoms with E-state index < -0.39 is 20.7 Å². The number of ether oxygens (including phenoxy) is 2. The first-order valence-corrected chi connectivity index (χ1v) is 12.0. The van der Waals surface area contributed by atoms with Crippen LogP contribution in [-0.4, -0.2) is 62.9 Å². The number of pyridine rings is 1. The third-order valence-corrected chi connectivity index (χ3v) is 6.57. The molecule has 184 valence electrons. The predicted molar refractivity (Wildman–Crippen MR) is 132 cm³/mol. The van der Waals surface area contributed by atoms with Crippen molar-refractivity contribution in [3.63, 3.8) is 0 Å². The molecule has 0 aliphatic heterocycles. The Labute approximate surface area is 201 Å². The van der Waals surface area contributed by atoms with Gasteiger partial charge in [0.2, 0.25) is 0 Å². The molecule has 12 heteroatoms. The Bertz CT molecular complexity index is 1460. The first kappa shape index (κ1) is 24.2. The van der Waals surface area contributed by atoms with E-state index in [1.165, 1.54) is 13.2 Å². The normalized spacial score (nSPS) is 11.7. The summed E-state index contributed by atoms with van der Waals surface area (Å²) < 4.78 is 53.0. The van der Waals surface area contributed by atoms with Crippen molar-refractivity contribution in [1.82, 2.24) is 20.1 Å². The number of fused-ring (bicyclic) bond motifs is 1. The molecule has 2 aromatic heterocycles. The highest BCUT2D eigenvalue weighted by molar-refractivity contribution is 7.92. The van der Waals surface area contributed by atoms with E-state index in [4.69, 9.17) is 15.2 Å². The van der Waals surface area contributed by atoms with Crippen molar-refractivity contribution in [3.8, 4) is 22.8 Å². The molecule has 35 heavy (non-hydrogen) atoms. The van der Waals surface area contributed by atoms with Crippen molar-refractivity contribution in [3.05, 3.63) is 54.3 Å². The summed E-state index contributed by atoms with van der Waals surface area (Å²) in [5, 5.41) is 7.45. The maximum absolute atomic E-state index is 14.2. The van der Waals surface area contributed by atoms with Crippen LogP contribution in [0, 0.1) is 5.82 Å². The zero-order valence-electron chi connectivity index (χ0n) is 19.4. The second-order valence-electron chi connectivity index (χ2n) is 7.97. The second-order valence-corrected chi connectivity index (χ2v) is 9.62. The molecule has 2 aromatic carbocycles. The number of benzene rings is 2. The van der Waals surface area contributed by atoms with Gasteiger partial charge in [-0.2, -0.15) is 5.10 Å². The molecule has 10 nitrogen and oxygen atoms in total. The van der Waals surface area contributed by atoms with Gasteiger partial charge in [-0.25, -0.2) is 17.8 Å². The molecule has 0 atom stereocenters. The van der Waals surface area contributed by atoms with Crippen molar-refractivity contribution >= 4 is 32.6 Å². The summed E-state index contributed by atoms with van der Waals surface area (Å²) in [6, 6.07) is 11.8. The Hall–Kier alpha value is -3.90. The van der Waals surface area contributed by atoms with Gasteiger partial charge >= 0.3 is 0 Å². The van der Waals surface area contributed by atoms with Gasteiger partial charge in [0.15, 0.2) is 5.65 Å². The Morgan fingerprint density at radius 2 is 1.89 bits per heavy atom. The number of likely N-dealkylation sites (N-methyl/N-ethyl adjacent to an activating group) is 1. The van der Waals surface area contributed by atoms with Crippen LogP contribution in [0.2, 0.25) is 0 Å². The summed E-state index contributed by atoms with van der Waals surface area (Å²) in [6.07, 6.45) is 0. The molecule has 0 amide bonds. The number of nitrogen functional groups attached to an aromatic ring is 1. The highest BCUT2D eigenvalue weighted by Gasteiger charge is 2.21. The second kappa shape index (κ2) is 9.76. The van der Waals surface area contributed by atoms with E-state index in [1.54, 1.807) is 30.3 Å². The molecule has 4 aromatic rings. The Kier molecular flexibility index (Phi) is 6.76. The largest absolute Gasteiger partial charge is 0.497 e. The number of H-pyrrole nitrogens is 1. The molecule has 0 bridgehead atoms. The number of aromatic nitrogens is 3. The van der Waals surface area contributed by atoms with E-state index >= 15 is 0 Å². The molecule has 0 saturated carbocycles. The maximum Gasteiger partial charge on any atom is 0.264 e. The van der Waals surface area contributed by atoms with Gasteiger partial charge in [-0.3, -0.25) is 9.82 Å². The van der Waals surface area contributed by atoms with Crippen LogP contribution in [0.15, 0.2) is 53.4 Å². The zero-order valence-corrected chi connectivity index (χ0v) is 20.2. The van der Waals surface area contributed by atoms with Gasteiger partial charge in [0.25, 0.3) is 10.0 Å². The fraction of sp³-hybridized carbons (Fsp3) is 0.217. The number of methoxy groups -OCH3 is 1. The van der Waals surface area contributed by atoms with Crippen molar-refractivity contribution in [2.24, 2.45) is 0 Å². The van der Waals surface area contributed by atoms with Crippen LogP contribution in [0.1, 0.15) is 0 Å². The van der Waals surface area contributed by atoms with Crippen molar-refractivity contribution in [2.75, 3.05) is 44.8 Å². The van der Waals surface area contributed by atoms with Gasteiger partial charge < -0.3 is 20.1 Å². The van der Waals surface area contributed by atoms with Gasteiger partial charge in [0.1, 0.15) is 40.0 Å². The van der Waals surface area contributed by atoms with E-state index in [2.05, 4.69) is 19.9 Å². The molecular formula is C23H25FN6O4S. The molecule has 0 radical (unpaired) electrons. The quantitative estimate of drug-likeness (QED) is 0.319. The first-order valence-electron chi connectivity index (χ1n) is 10.6. The summed E-state index contributed by atoms with van der Waals surface area (Å²) in [4.78, 5) is 6.02. The lowest BCUT2D eigenvalue weighted by molar-refractivity contribution is 0.264. The van der Waals surface area contributed by atoms with Gasteiger partial charge in [0.05, 0.1) is 12.8 Å². The fourth-order valence-corrected chi connectivity index (χ4v) is 4.50. The number of aromatic amines is 1. The minimum absolute atomic E-state index is 0.228. The topological polar surface area (TPSA) is 135 Å². The molecule has 0 fully saturated rings. The molecule has 0 saturated heterocycles. The van der Waals surface area contributed by atoms with Crippen LogP contribution in [0.25, 0.3) is 22.3 Å². The average molecular weight is 501 g/mol. The highest BCUT2D eigenvalue weighted by atomic mass is 32.2. The van der Waals surface area contributed by atoms with E-state index in [0.717, 1.165) is 12.1 Å². The first-order chi connectivity index (χ1) is 16.7. The van der Waals surface area contributed by atoms with Crippen molar-refractivity contribution in [1.29, 1.82) is 0 Å². The number of sulfonamides is 1. The molecule has 0 spiro atoms. The lowest BCUT2D eigenvalue weighted by Gasteiger charge is -2.13. The Morgan fingerprint density at radius 1 is 1.14 bits per heavy atom. The number of hydrogen-bond acceptors (Lipinski definition) is 8. The van der Waals surface area contributed by atoms with Gasteiger partial charge in [-0.1, -0.05) is 12.1 Å². The third kappa shape index (κ3) is 5.28. The molecular weight excluding hydrogens is 475 g/mol. The maximum atomic E-state index is 14.2. The summed E-state index contributed by atoms with van der Waals surface area (Å²) >= 11 is 0. The fourth-order valence-electron chi connectivity index (χ4n) is 3.35. The summed E-state index contributed by atoms with van der Waals surface area (Å²) in [7, 11) is 1.09. The molecule has 0 aliphatic rings. The van der Waals surface area contributed by atoms with Crippen molar-refractivity contribution < 1.29 is 22.3 Å². The number of anilines is 2. The number of nitrogens with one attached hydrogen (secondary N) is 2. The number of nitrogens with two attached hydrogens (primary N) is 1. The lowest BCUT2D eigenvalue weighted by atomic mass is 10.1. The minimum atomic E-state index is -4.18. The molecule has 2 heterocycles. The predicted octanol–water partition coefficient (Wildman–Crippen LogP) is 3.10. The molecule has 4 N–H and O–H groups in total. The van der Waals surface area contributed by atoms with Gasteiger partial charge in [0, 0.05) is 29.9 Å². The minimum Gasteiger partial charge on any atom is -0.497 e. The Morgan fingerprint density at radius 3 is 2.57 bits per heavy atom. The standard InChI is InChI=1S/C23H25FN6O4S/c1-30(2)10-11-34-19-13-18(26-23-21(19)22(25)27-28-23)14-4-6-15(7-5-14)29-35(31,32)20-12-16(33-3)8-9-17(20)24/h4-9,12-13,29H,10-11H2,1-3H3,(H3,25,26,27,28). The van der Waals surface area contributed by atoms with E-state index in [0.29, 0.717) is 47.0 Å². The van der Waals surface area contributed by atoms with Crippen LogP contribution < -0.4 is 19.9 Å². The molecule has 0 unspecified atom stereocenters. The number of nitrogens with zero attached hydrogens (tertiary/aromatic N) is 3. The lowest BCUT2D eigenvalue weighted by Crippen LogP contribution is -2.19. The van der Waals surface area contributed by atoms with E-state index in [-0.39, 0.29) is 11.4 Å². The summed E-state index contributed by atoms with van der Waals surface area (Å²) in [5.74, 6) is 0.239. The zero-order chi connectivity index (χ0) is 25.2. The smallest absolute Gasteiger partial charge is 0.264 e. The third-order valence-electron chi connectivity index (χ3n) is 5.17. The van der Waals surface area contributed by atoms with Crippen molar-refractivity contribution in [2.45, 2.75) is 4.90 Å². The summed E-state index contributed by atoms with van der Waals surface area (Å²) in [5.41, 5.74) is 7.92. The van der Waals surface area contributed by atoms with Crippen LogP contribution in [0.3, 0.4) is 0 Å². The monoisotopic (exact) mass is 500 g/mol. The highest BCUT2D eigenvalue weighted by Crippen LogP contribution is 2.33. The van der Waals surface area contributed by atoms with Crippen LogP contribution in [-0.2, 0) is 10.0 Å². The Balaban J connectivity index is 1.61. The van der Waals surface area contributed by atoms with E-state index in [9.17, 15) is 12.8 Å². The van der Waals surface area contributed by atoms with Gasteiger partial charge in [-0.15, -0.1) is 0 Å². The average Bonchev–Trinajstić information content (AvgIpc) is 3.20. The van der Waals surface area contributed by atoms with Crippen LogP contribution in [0.4, 0.5) is 15.9 Å². The number of halogens is 1. The van der Waals surface area contributed by atoms with Gasteiger partial charge in [-0.05, 0) is 38.4 Å². The summed E-state index contributed by atoms with van der Waals surface area (Å²) in [6.45, 7) is 1.15. The van der Waals surface area contributed by atoms with E-state index in [1.807, 2.05) is 19.0 Å². The van der Waals surface area contributed by atoms with Crippen LogP contribution >= 0.6 is 0 Å². The SMILES string of the molecule is COc1ccc(F)c(S(=O)(=O)Nc2ccc(-c3cc(OCCN(C)C)c4c(N)[nH]nc4n3)cc2)c1. The number of hydrogen-bond donors (Lipinski definition) is 3.